The first-order valence-corrected chi connectivity index (χ1v) is 7.54. The van der Waals surface area contributed by atoms with Gasteiger partial charge in [0.25, 0.3) is 0 Å². The van der Waals surface area contributed by atoms with Crippen LogP contribution >= 0.6 is 23.4 Å². The Kier molecular flexibility index (Phi) is 6.62. The minimum Gasteiger partial charge on any atom is -0.465 e. The molecule has 1 aromatic rings. The lowest BCUT2D eigenvalue weighted by Crippen LogP contribution is -2.52. The number of hydrogen-bond donors (Lipinski definition) is 1. The Morgan fingerprint density at radius 3 is 2.79 bits per heavy atom. The van der Waals surface area contributed by atoms with Gasteiger partial charge in [-0.05, 0) is 32.5 Å². The lowest BCUT2D eigenvalue weighted by molar-refractivity contribution is -0.149. The lowest BCUT2D eigenvalue weighted by atomic mass is 10.1. The zero-order valence-electron chi connectivity index (χ0n) is 11.4. The summed E-state index contributed by atoms with van der Waals surface area (Å²) in [4.78, 5) is 16.2. The van der Waals surface area contributed by atoms with E-state index in [0.717, 1.165) is 5.03 Å². The number of rotatable bonds is 7. The number of pyridine rings is 1. The predicted molar refractivity (Wildman–Crippen MR) is 78.7 cm³/mol. The summed E-state index contributed by atoms with van der Waals surface area (Å²) in [6.07, 6.45) is 1.60. The molecule has 0 aliphatic rings. The fraction of sp³-hybridized carbons (Fsp3) is 0.538. The van der Waals surface area contributed by atoms with Crippen molar-refractivity contribution in [1.29, 1.82) is 0 Å². The Morgan fingerprint density at radius 2 is 2.26 bits per heavy atom. The van der Waals surface area contributed by atoms with Crippen molar-refractivity contribution >= 4 is 29.3 Å². The molecule has 19 heavy (non-hydrogen) atoms. The van der Waals surface area contributed by atoms with Crippen molar-refractivity contribution in [3.8, 4) is 0 Å². The number of aromatic nitrogens is 1. The monoisotopic (exact) mass is 302 g/mol. The van der Waals surface area contributed by atoms with Crippen LogP contribution in [0.25, 0.3) is 0 Å². The third-order valence-electron chi connectivity index (χ3n) is 2.50. The maximum absolute atomic E-state index is 12.0. The zero-order valence-corrected chi connectivity index (χ0v) is 13.0. The van der Waals surface area contributed by atoms with E-state index in [4.69, 9.17) is 16.3 Å². The van der Waals surface area contributed by atoms with E-state index in [9.17, 15) is 4.79 Å². The van der Waals surface area contributed by atoms with Crippen molar-refractivity contribution in [2.45, 2.75) is 31.3 Å². The van der Waals surface area contributed by atoms with E-state index in [2.05, 4.69) is 10.3 Å². The molecule has 0 aliphatic heterocycles. The maximum atomic E-state index is 12.0. The molecule has 1 atom stereocenters. The van der Waals surface area contributed by atoms with Crippen molar-refractivity contribution in [3.63, 3.8) is 0 Å². The van der Waals surface area contributed by atoms with Crippen molar-refractivity contribution < 1.29 is 9.53 Å². The topological polar surface area (TPSA) is 51.2 Å². The van der Waals surface area contributed by atoms with E-state index in [-0.39, 0.29) is 5.97 Å². The Labute approximate surface area is 123 Å². The summed E-state index contributed by atoms with van der Waals surface area (Å²) >= 11 is 7.28. The molecule has 4 nitrogen and oxygen atoms in total. The molecule has 0 saturated carbocycles. The first-order chi connectivity index (χ1) is 9.01. The van der Waals surface area contributed by atoms with Gasteiger partial charge in [-0.15, -0.1) is 11.8 Å². The summed E-state index contributed by atoms with van der Waals surface area (Å²) in [6.45, 7) is 6.69. The second kappa shape index (κ2) is 7.72. The van der Waals surface area contributed by atoms with Gasteiger partial charge in [0.05, 0.1) is 16.7 Å². The van der Waals surface area contributed by atoms with Gasteiger partial charge in [0.1, 0.15) is 5.54 Å². The van der Waals surface area contributed by atoms with Crippen LogP contribution in [-0.2, 0) is 9.53 Å². The molecule has 0 aliphatic carbocycles. The minimum atomic E-state index is -0.712. The highest BCUT2D eigenvalue weighted by Gasteiger charge is 2.34. The summed E-state index contributed by atoms with van der Waals surface area (Å²) in [5.74, 6) is 0.312. The van der Waals surface area contributed by atoms with Crippen molar-refractivity contribution in [2.75, 3.05) is 18.9 Å². The average Bonchev–Trinajstić information content (AvgIpc) is 2.39. The number of carbonyl (C=O) groups excluding carboxylic acids is 1. The van der Waals surface area contributed by atoms with Crippen molar-refractivity contribution in [2.24, 2.45) is 0 Å². The van der Waals surface area contributed by atoms with Crippen LogP contribution in [0.5, 0.6) is 0 Å². The molecule has 106 valence electrons. The highest BCUT2D eigenvalue weighted by Crippen LogP contribution is 2.23. The second-order valence-electron chi connectivity index (χ2n) is 4.19. The van der Waals surface area contributed by atoms with Gasteiger partial charge in [-0.3, -0.25) is 4.79 Å². The van der Waals surface area contributed by atoms with Gasteiger partial charge in [0.2, 0.25) is 0 Å². The predicted octanol–water partition coefficient (Wildman–Crippen LogP) is 2.76. The van der Waals surface area contributed by atoms with Gasteiger partial charge >= 0.3 is 5.97 Å². The van der Waals surface area contributed by atoms with E-state index < -0.39 is 5.54 Å². The molecule has 1 heterocycles. The molecular formula is C13H19ClN2O2S. The molecule has 1 unspecified atom stereocenters. The van der Waals surface area contributed by atoms with Gasteiger partial charge in [-0.25, -0.2) is 4.98 Å². The van der Waals surface area contributed by atoms with E-state index in [0.29, 0.717) is 23.9 Å². The van der Waals surface area contributed by atoms with E-state index in [1.807, 2.05) is 19.9 Å². The SMILES string of the molecule is CCNC(C)(CSc1ccc(Cl)cn1)C(=O)OCC. The fourth-order valence-corrected chi connectivity index (χ4v) is 2.59. The Morgan fingerprint density at radius 1 is 1.53 bits per heavy atom. The van der Waals surface area contributed by atoms with E-state index in [1.54, 1.807) is 19.2 Å². The first-order valence-electron chi connectivity index (χ1n) is 6.18. The first kappa shape index (κ1) is 16.3. The summed E-state index contributed by atoms with van der Waals surface area (Å²) in [6, 6.07) is 3.62. The molecule has 0 bridgehead atoms. The van der Waals surface area contributed by atoms with Crippen LogP contribution < -0.4 is 5.32 Å². The molecule has 1 aromatic heterocycles. The van der Waals surface area contributed by atoms with Gasteiger partial charge in [-0.2, -0.15) is 0 Å². The minimum absolute atomic E-state index is 0.238. The molecule has 6 heteroatoms. The summed E-state index contributed by atoms with van der Waals surface area (Å²) in [5.41, 5.74) is -0.712. The number of thioether (sulfide) groups is 1. The number of carbonyl (C=O) groups is 1. The molecule has 0 fully saturated rings. The standard InChI is InChI=1S/C13H19ClN2O2S/c1-4-16-13(3,12(17)18-5-2)9-19-11-7-6-10(14)8-15-11/h6-8,16H,4-5,9H2,1-3H3. The average molecular weight is 303 g/mol. The quantitative estimate of drug-likeness (QED) is 0.620. The number of halogens is 1. The molecule has 0 radical (unpaired) electrons. The van der Waals surface area contributed by atoms with Gasteiger partial charge in [0.15, 0.2) is 0 Å². The van der Waals surface area contributed by atoms with Crippen LogP contribution in [0.4, 0.5) is 0 Å². The second-order valence-corrected chi connectivity index (χ2v) is 5.62. The van der Waals surface area contributed by atoms with Crippen LogP contribution in [0.3, 0.4) is 0 Å². The van der Waals surface area contributed by atoms with Crippen LogP contribution in [0.1, 0.15) is 20.8 Å². The number of nitrogens with one attached hydrogen (secondary N) is 1. The van der Waals surface area contributed by atoms with E-state index >= 15 is 0 Å². The number of ether oxygens (including phenoxy) is 1. The van der Waals surface area contributed by atoms with Crippen LogP contribution in [0, 0.1) is 0 Å². The molecule has 0 aromatic carbocycles. The summed E-state index contributed by atoms with van der Waals surface area (Å²) in [5, 5.41) is 4.61. The van der Waals surface area contributed by atoms with Crippen LogP contribution in [-0.4, -0.2) is 35.4 Å². The summed E-state index contributed by atoms with van der Waals surface area (Å²) < 4.78 is 5.11. The molecule has 0 amide bonds. The Hall–Kier alpha value is -0.780. The molecule has 1 rings (SSSR count). The van der Waals surface area contributed by atoms with Crippen molar-refractivity contribution in [3.05, 3.63) is 23.4 Å². The maximum Gasteiger partial charge on any atom is 0.326 e. The zero-order chi connectivity index (χ0) is 14.3. The highest BCUT2D eigenvalue weighted by atomic mass is 35.5. The Balaban J connectivity index is 2.67. The molecule has 1 N–H and O–H groups in total. The summed E-state index contributed by atoms with van der Waals surface area (Å²) in [7, 11) is 0. The molecule has 0 saturated heterocycles. The van der Waals surface area contributed by atoms with Gasteiger partial charge in [0, 0.05) is 11.9 Å². The van der Waals surface area contributed by atoms with Crippen molar-refractivity contribution in [1.82, 2.24) is 10.3 Å². The number of esters is 1. The van der Waals surface area contributed by atoms with Gasteiger partial charge in [-0.1, -0.05) is 18.5 Å². The number of likely N-dealkylation sites (N-methyl/N-ethyl adjacent to an activating group) is 1. The number of nitrogens with zero attached hydrogens (tertiary/aromatic N) is 1. The largest absolute Gasteiger partial charge is 0.465 e. The van der Waals surface area contributed by atoms with Gasteiger partial charge < -0.3 is 10.1 Å². The Bertz CT molecular complexity index is 414. The highest BCUT2D eigenvalue weighted by molar-refractivity contribution is 7.99. The molecule has 0 spiro atoms. The fourth-order valence-electron chi connectivity index (χ4n) is 1.53. The number of hydrogen-bond acceptors (Lipinski definition) is 5. The smallest absolute Gasteiger partial charge is 0.326 e. The van der Waals surface area contributed by atoms with Crippen LogP contribution in [0.2, 0.25) is 5.02 Å². The van der Waals surface area contributed by atoms with Crippen LogP contribution in [0.15, 0.2) is 23.4 Å². The lowest BCUT2D eigenvalue weighted by Gasteiger charge is -2.27. The molecular weight excluding hydrogens is 284 g/mol. The third kappa shape index (κ3) is 5.01. The van der Waals surface area contributed by atoms with E-state index in [1.165, 1.54) is 11.8 Å². The third-order valence-corrected chi connectivity index (χ3v) is 3.98. The normalized spacial score (nSPS) is 13.9.